The van der Waals surface area contributed by atoms with E-state index in [1.165, 1.54) is 0 Å². The molecular weight excluding hydrogens is 378 g/mol. The average Bonchev–Trinajstić information content (AvgIpc) is 3.24. The number of nitrogen functional groups attached to an aromatic ring is 1. The molecule has 3 heterocycles. The van der Waals surface area contributed by atoms with Crippen LogP contribution in [0.4, 0.5) is 5.95 Å². The quantitative estimate of drug-likeness (QED) is 0.507. The van der Waals surface area contributed by atoms with Gasteiger partial charge in [-0.25, -0.2) is 4.98 Å². The molecule has 8 heteroatoms. The molecule has 3 aromatic heterocycles. The number of hydrogen-bond acceptors (Lipinski definition) is 6. The fourth-order valence-corrected chi connectivity index (χ4v) is 3.00. The molecule has 0 saturated heterocycles. The van der Waals surface area contributed by atoms with Gasteiger partial charge in [0.1, 0.15) is 11.5 Å². The van der Waals surface area contributed by atoms with Crippen molar-refractivity contribution in [2.24, 2.45) is 0 Å². The minimum absolute atomic E-state index is 0.165. The summed E-state index contributed by atoms with van der Waals surface area (Å²) >= 11 is 6.29. The highest BCUT2D eigenvalue weighted by Gasteiger charge is 2.24. The van der Waals surface area contributed by atoms with Crippen LogP contribution >= 0.6 is 11.6 Å². The summed E-state index contributed by atoms with van der Waals surface area (Å²) in [6, 6.07) is 9.13. The van der Waals surface area contributed by atoms with E-state index in [0.717, 1.165) is 5.69 Å². The summed E-state index contributed by atoms with van der Waals surface area (Å²) < 4.78 is 6.84. The van der Waals surface area contributed by atoms with E-state index in [2.05, 4.69) is 27.0 Å². The van der Waals surface area contributed by atoms with Gasteiger partial charge in [-0.3, -0.25) is 4.57 Å². The molecule has 4 rings (SSSR count). The number of nitrogens with zero attached hydrogens (tertiary/aromatic N) is 4. The van der Waals surface area contributed by atoms with Gasteiger partial charge < -0.3 is 15.4 Å². The van der Waals surface area contributed by atoms with Gasteiger partial charge in [0.15, 0.2) is 11.2 Å². The molecule has 0 aliphatic carbocycles. The van der Waals surface area contributed by atoms with Gasteiger partial charge in [-0.15, -0.1) is 0 Å². The fourth-order valence-electron chi connectivity index (χ4n) is 2.77. The summed E-state index contributed by atoms with van der Waals surface area (Å²) in [4.78, 5) is 8.27. The number of fused-ring (bicyclic) bond motifs is 1. The largest absolute Gasteiger partial charge is 0.372 e. The van der Waals surface area contributed by atoms with Gasteiger partial charge in [-0.1, -0.05) is 34.7 Å². The van der Waals surface area contributed by atoms with Crippen LogP contribution < -0.4 is 5.73 Å². The third-order valence-electron chi connectivity index (χ3n) is 4.22. The van der Waals surface area contributed by atoms with Crippen molar-refractivity contribution in [2.45, 2.75) is 19.4 Å². The molecule has 0 aliphatic heterocycles. The first-order chi connectivity index (χ1) is 13.3. The van der Waals surface area contributed by atoms with Crippen LogP contribution in [-0.4, -0.2) is 24.8 Å². The number of rotatable bonds is 2. The van der Waals surface area contributed by atoms with Gasteiger partial charge in [-0.05, 0) is 32.0 Å². The molecule has 0 radical (unpaired) electrons. The van der Waals surface area contributed by atoms with Crippen molar-refractivity contribution in [3.8, 4) is 17.5 Å². The summed E-state index contributed by atoms with van der Waals surface area (Å²) in [6.45, 7) is 3.33. The zero-order valence-corrected chi connectivity index (χ0v) is 15.9. The number of aromatic nitrogens is 4. The number of benzene rings is 1. The monoisotopic (exact) mass is 393 g/mol. The van der Waals surface area contributed by atoms with Gasteiger partial charge in [0.25, 0.3) is 0 Å². The lowest BCUT2D eigenvalue weighted by Gasteiger charge is -2.11. The molecule has 0 spiro atoms. The minimum atomic E-state index is -1.43. The van der Waals surface area contributed by atoms with Crippen molar-refractivity contribution in [1.82, 2.24) is 19.7 Å². The second-order valence-corrected chi connectivity index (χ2v) is 6.92. The Bertz CT molecular complexity index is 1250. The first kappa shape index (κ1) is 18.0. The van der Waals surface area contributed by atoms with Gasteiger partial charge in [0.2, 0.25) is 5.95 Å². The minimum Gasteiger partial charge on any atom is -0.372 e. The molecule has 0 aliphatic rings. The van der Waals surface area contributed by atoms with Crippen molar-refractivity contribution in [1.29, 1.82) is 0 Å². The van der Waals surface area contributed by atoms with Crippen LogP contribution in [0.3, 0.4) is 0 Å². The van der Waals surface area contributed by atoms with E-state index in [1.54, 1.807) is 32.3 Å². The first-order valence-electron chi connectivity index (χ1n) is 8.42. The van der Waals surface area contributed by atoms with Crippen molar-refractivity contribution < 1.29 is 9.63 Å². The Morgan fingerprint density at radius 3 is 2.89 bits per heavy atom. The van der Waals surface area contributed by atoms with E-state index in [0.29, 0.717) is 33.1 Å². The number of halogens is 1. The Morgan fingerprint density at radius 1 is 1.32 bits per heavy atom. The second kappa shape index (κ2) is 6.68. The number of anilines is 1. The lowest BCUT2D eigenvalue weighted by Crippen LogP contribution is -2.18. The molecule has 0 bridgehead atoms. The lowest BCUT2D eigenvalue weighted by molar-refractivity contribution is 0.112. The summed E-state index contributed by atoms with van der Waals surface area (Å²) in [5.74, 6) is 6.59. The maximum Gasteiger partial charge on any atom is 0.221 e. The molecule has 3 N–H and O–H groups in total. The van der Waals surface area contributed by atoms with Crippen molar-refractivity contribution in [3.05, 3.63) is 64.8 Å². The maximum absolute atomic E-state index is 10.6. The summed E-state index contributed by atoms with van der Waals surface area (Å²) in [5.41, 5.74) is 6.77. The average molecular weight is 394 g/mol. The molecule has 0 saturated carbocycles. The zero-order valence-electron chi connectivity index (χ0n) is 15.1. The Balaban J connectivity index is 1.73. The highest BCUT2D eigenvalue weighted by Crippen LogP contribution is 2.27. The van der Waals surface area contributed by atoms with Crippen LogP contribution in [-0.2, 0) is 5.60 Å². The van der Waals surface area contributed by atoms with Crippen LogP contribution in [0.2, 0.25) is 5.02 Å². The van der Waals surface area contributed by atoms with Crippen LogP contribution in [0.5, 0.6) is 0 Å². The number of hydrogen-bond donors (Lipinski definition) is 2. The molecule has 0 amide bonds. The first-order valence-corrected chi connectivity index (χ1v) is 8.80. The van der Waals surface area contributed by atoms with E-state index in [1.807, 2.05) is 28.8 Å². The predicted octanol–water partition coefficient (Wildman–Crippen LogP) is 3.21. The number of aryl methyl sites for hydroxylation is 1. The SMILES string of the molecule is Cc1cc(C(C)(O)C#Cc2cccc(-n3cc(Cl)c4cnc(N)nc43)c2)no1. The number of nitrogens with two attached hydrogens (primary N) is 1. The second-order valence-electron chi connectivity index (χ2n) is 6.51. The molecule has 4 aromatic rings. The Hall–Kier alpha value is -3.34. The van der Waals surface area contributed by atoms with Crippen LogP contribution in [0.1, 0.15) is 23.9 Å². The number of aliphatic hydroxyl groups is 1. The van der Waals surface area contributed by atoms with E-state index < -0.39 is 5.60 Å². The maximum atomic E-state index is 10.6. The van der Waals surface area contributed by atoms with Crippen LogP contribution in [0, 0.1) is 18.8 Å². The van der Waals surface area contributed by atoms with Gasteiger partial charge in [-0.2, -0.15) is 4.98 Å². The Kier molecular flexibility index (Phi) is 4.30. The standard InChI is InChI=1S/C20H16ClN5O2/c1-12-8-17(25-28-12)20(2,27)7-6-13-4-3-5-14(9-13)26-11-16(21)15-10-23-19(22)24-18(15)26/h3-5,8-11,27H,1-2H3,(H2,22,23,24). The molecule has 1 unspecified atom stereocenters. The van der Waals surface area contributed by atoms with Gasteiger partial charge in [0, 0.05) is 29.7 Å². The molecule has 28 heavy (non-hydrogen) atoms. The van der Waals surface area contributed by atoms with Crippen molar-refractivity contribution in [2.75, 3.05) is 5.73 Å². The van der Waals surface area contributed by atoms with Crippen molar-refractivity contribution in [3.63, 3.8) is 0 Å². The molecule has 140 valence electrons. The third kappa shape index (κ3) is 3.31. The topological polar surface area (TPSA) is 103 Å². The zero-order chi connectivity index (χ0) is 19.9. The fraction of sp³-hybridized carbons (Fsp3) is 0.150. The highest BCUT2D eigenvalue weighted by molar-refractivity contribution is 6.35. The van der Waals surface area contributed by atoms with Crippen LogP contribution in [0.15, 0.2) is 47.2 Å². The predicted molar refractivity (Wildman–Crippen MR) is 106 cm³/mol. The highest BCUT2D eigenvalue weighted by atomic mass is 35.5. The summed E-state index contributed by atoms with van der Waals surface area (Å²) in [6.07, 6.45) is 3.35. The van der Waals surface area contributed by atoms with E-state index in [-0.39, 0.29) is 5.95 Å². The third-order valence-corrected chi connectivity index (χ3v) is 4.52. The Morgan fingerprint density at radius 2 is 2.14 bits per heavy atom. The van der Waals surface area contributed by atoms with E-state index in [9.17, 15) is 5.11 Å². The van der Waals surface area contributed by atoms with E-state index in [4.69, 9.17) is 21.9 Å². The van der Waals surface area contributed by atoms with Gasteiger partial charge >= 0.3 is 0 Å². The smallest absolute Gasteiger partial charge is 0.221 e. The Labute approximate surface area is 165 Å². The van der Waals surface area contributed by atoms with E-state index >= 15 is 0 Å². The molecular formula is C20H16ClN5O2. The molecule has 7 nitrogen and oxygen atoms in total. The molecule has 1 atom stereocenters. The van der Waals surface area contributed by atoms with Gasteiger partial charge in [0.05, 0.1) is 10.4 Å². The van der Waals surface area contributed by atoms with Crippen molar-refractivity contribution >= 4 is 28.6 Å². The molecule has 0 fully saturated rings. The lowest BCUT2D eigenvalue weighted by atomic mass is 10.0. The summed E-state index contributed by atoms with van der Waals surface area (Å²) in [7, 11) is 0. The van der Waals surface area contributed by atoms with Crippen LogP contribution in [0.25, 0.3) is 16.7 Å². The molecule has 1 aromatic carbocycles. The normalized spacial score (nSPS) is 13.1. The summed E-state index contributed by atoms with van der Waals surface area (Å²) in [5, 5.41) is 15.6.